The summed E-state index contributed by atoms with van der Waals surface area (Å²) in [6, 6.07) is 19.8. The number of hydrogen-bond acceptors (Lipinski definition) is 2. The van der Waals surface area contributed by atoms with E-state index in [4.69, 9.17) is 4.74 Å². The summed E-state index contributed by atoms with van der Waals surface area (Å²) in [5.74, 6) is -0.316. The lowest BCUT2D eigenvalue weighted by atomic mass is 10.0. The Morgan fingerprint density at radius 2 is 1.67 bits per heavy atom. The Balaban J connectivity index is 2.37. The van der Waals surface area contributed by atoms with Crippen molar-refractivity contribution in [2.75, 3.05) is 7.11 Å². The molecule has 0 amide bonds. The molecule has 3 aromatic rings. The predicted molar refractivity (Wildman–Crippen MR) is 81.9 cm³/mol. The number of ether oxygens (including phenoxy) is 1. The van der Waals surface area contributed by atoms with Gasteiger partial charge < -0.3 is 4.74 Å². The van der Waals surface area contributed by atoms with Gasteiger partial charge in [0.15, 0.2) is 0 Å². The number of methoxy groups -OCH3 is 1. The molecule has 21 heavy (non-hydrogen) atoms. The van der Waals surface area contributed by atoms with Crippen LogP contribution >= 0.6 is 0 Å². The molecule has 1 aromatic heterocycles. The van der Waals surface area contributed by atoms with Crippen molar-refractivity contribution in [3.63, 3.8) is 0 Å². The Hall–Kier alpha value is -2.68. The predicted octanol–water partition coefficient (Wildman–Crippen LogP) is 3.12. The molecule has 1 heterocycles. The van der Waals surface area contributed by atoms with E-state index < -0.39 is 0 Å². The number of esters is 1. The number of pyridine rings is 1. The molecule has 0 bridgehead atoms. The Morgan fingerprint density at radius 1 is 1.00 bits per heavy atom. The van der Waals surface area contributed by atoms with Gasteiger partial charge in [0.2, 0.25) is 11.2 Å². The van der Waals surface area contributed by atoms with E-state index in [0.29, 0.717) is 5.56 Å². The van der Waals surface area contributed by atoms with Crippen molar-refractivity contribution in [1.82, 2.24) is 0 Å². The van der Waals surface area contributed by atoms with Crippen LogP contribution in [0.2, 0.25) is 0 Å². The number of carbonyl (C=O) groups excluding carboxylic acids is 1. The molecule has 3 heteroatoms. The normalized spacial score (nSPS) is 10.6. The average molecular weight is 278 g/mol. The standard InChI is InChI=1S/C18H16NO2/c1-19-16-11-7-6-10-14(16)15(18(20)21-2)12-17(19)13-8-4-3-5-9-13/h3-12H,1-2H3/q+1. The van der Waals surface area contributed by atoms with E-state index in [0.717, 1.165) is 22.2 Å². The van der Waals surface area contributed by atoms with E-state index in [9.17, 15) is 4.79 Å². The molecule has 0 saturated heterocycles. The molecular weight excluding hydrogens is 262 g/mol. The largest absolute Gasteiger partial charge is 0.465 e. The smallest absolute Gasteiger partial charge is 0.338 e. The third-order valence-electron chi connectivity index (χ3n) is 3.67. The van der Waals surface area contributed by atoms with Gasteiger partial charge in [-0.1, -0.05) is 30.3 Å². The fraction of sp³-hybridized carbons (Fsp3) is 0.111. The summed E-state index contributed by atoms with van der Waals surface area (Å²) in [7, 11) is 3.41. The molecule has 2 aromatic carbocycles. The van der Waals surface area contributed by atoms with Crippen molar-refractivity contribution in [3.8, 4) is 11.3 Å². The first-order chi connectivity index (χ1) is 10.2. The lowest BCUT2D eigenvalue weighted by Gasteiger charge is -2.08. The highest BCUT2D eigenvalue weighted by Gasteiger charge is 2.21. The third-order valence-corrected chi connectivity index (χ3v) is 3.67. The van der Waals surface area contributed by atoms with Crippen LogP contribution < -0.4 is 4.57 Å². The van der Waals surface area contributed by atoms with Crippen LogP contribution in [0.5, 0.6) is 0 Å². The number of aromatic nitrogens is 1. The minimum absolute atomic E-state index is 0.316. The zero-order chi connectivity index (χ0) is 14.8. The number of para-hydroxylation sites is 1. The second-order valence-electron chi connectivity index (χ2n) is 4.88. The number of hydrogen-bond donors (Lipinski definition) is 0. The summed E-state index contributed by atoms with van der Waals surface area (Å²) >= 11 is 0. The minimum Gasteiger partial charge on any atom is -0.465 e. The van der Waals surface area contributed by atoms with E-state index in [1.165, 1.54) is 7.11 Å². The zero-order valence-electron chi connectivity index (χ0n) is 12.0. The highest BCUT2D eigenvalue weighted by atomic mass is 16.5. The van der Waals surface area contributed by atoms with Crippen molar-refractivity contribution < 1.29 is 14.1 Å². The van der Waals surface area contributed by atoms with E-state index in [2.05, 4.69) is 4.57 Å². The van der Waals surface area contributed by atoms with Crippen LogP contribution in [0.15, 0.2) is 60.7 Å². The number of nitrogens with zero attached hydrogens (tertiary/aromatic N) is 1. The Bertz CT molecular complexity index is 810. The van der Waals surface area contributed by atoms with E-state index in [-0.39, 0.29) is 5.97 Å². The van der Waals surface area contributed by atoms with Gasteiger partial charge in [-0.15, -0.1) is 0 Å². The molecule has 0 aliphatic heterocycles. The number of rotatable bonds is 2. The summed E-state index contributed by atoms with van der Waals surface area (Å²) < 4.78 is 7.02. The van der Waals surface area contributed by atoms with Crippen molar-refractivity contribution >= 4 is 16.9 Å². The maximum absolute atomic E-state index is 12.1. The van der Waals surface area contributed by atoms with Crippen LogP contribution in [0.4, 0.5) is 0 Å². The van der Waals surface area contributed by atoms with E-state index in [1.807, 2.05) is 67.7 Å². The van der Waals surface area contributed by atoms with Gasteiger partial charge in [-0.3, -0.25) is 0 Å². The Kier molecular flexibility index (Phi) is 3.40. The number of fused-ring (bicyclic) bond motifs is 1. The lowest BCUT2D eigenvalue weighted by molar-refractivity contribution is -0.633. The first-order valence-electron chi connectivity index (χ1n) is 6.78. The highest BCUT2D eigenvalue weighted by molar-refractivity contribution is 6.03. The molecule has 0 radical (unpaired) electrons. The molecule has 3 rings (SSSR count). The van der Waals surface area contributed by atoms with Crippen molar-refractivity contribution in [3.05, 3.63) is 66.2 Å². The molecule has 0 unspecified atom stereocenters. The van der Waals surface area contributed by atoms with Gasteiger partial charge in [0.05, 0.1) is 18.1 Å². The van der Waals surface area contributed by atoms with Crippen molar-refractivity contribution in [2.24, 2.45) is 7.05 Å². The van der Waals surface area contributed by atoms with Crippen LogP contribution in [0, 0.1) is 0 Å². The number of benzene rings is 2. The zero-order valence-corrected chi connectivity index (χ0v) is 12.0. The molecule has 0 saturated carbocycles. The second kappa shape index (κ2) is 5.37. The molecule has 0 spiro atoms. The monoisotopic (exact) mass is 278 g/mol. The molecule has 0 aliphatic carbocycles. The summed E-state index contributed by atoms with van der Waals surface area (Å²) in [6.45, 7) is 0. The van der Waals surface area contributed by atoms with Gasteiger partial charge in [-0.05, 0) is 18.2 Å². The van der Waals surface area contributed by atoms with Crippen LogP contribution in [0.3, 0.4) is 0 Å². The molecule has 0 atom stereocenters. The van der Waals surface area contributed by atoms with Gasteiger partial charge in [0.25, 0.3) is 0 Å². The van der Waals surface area contributed by atoms with Crippen molar-refractivity contribution in [1.29, 1.82) is 0 Å². The summed E-state index contributed by atoms with van der Waals surface area (Å²) in [5.41, 5.74) is 3.63. The summed E-state index contributed by atoms with van der Waals surface area (Å²) in [6.07, 6.45) is 0. The van der Waals surface area contributed by atoms with Gasteiger partial charge in [0.1, 0.15) is 7.05 Å². The summed E-state index contributed by atoms with van der Waals surface area (Å²) in [5, 5.41) is 0.895. The molecule has 0 aliphatic rings. The van der Waals surface area contributed by atoms with E-state index in [1.54, 1.807) is 0 Å². The van der Waals surface area contributed by atoms with Crippen LogP contribution in [0.25, 0.3) is 22.2 Å². The summed E-state index contributed by atoms with van der Waals surface area (Å²) in [4.78, 5) is 12.1. The maximum Gasteiger partial charge on any atom is 0.338 e. The number of carbonyl (C=O) groups is 1. The molecule has 0 fully saturated rings. The minimum atomic E-state index is -0.316. The van der Waals surface area contributed by atoms with Gasteiger partial charge in [-0.25, -0.2) is 4.79 Å². The first kappa shape index (κ1) is 13.3. The topological polar surface area (TPSA) is 30.2 Å². The van der Waals surface area contributed by atoms with Crippen LogP contribution in [0.1, 0.15) is 10.4 Å². The highest BCUT2D eigenvalue weighted by Crippen LogP contribution is 2.23. The number of aryl methyl sites for hydroxylation is 1. The molecule has 3 nitrogen and oxygen atoms in total. The Labute approximate surface area is 123 Å². The van der Waals surface area contributed by atoms with Crippen molar-refractivity contribution in [2.45, 2.75) is 0 Å². The first-order valence-corrected chi connectivity index (χ1v) is 6.78. The fourth-order valence-electron chi connectivity index (χ4n) is 2.60. The molecule has 0 N–H and O–H groups in total. The molecular formula is C18H16NO2+. The van der Waals surface area contributed by atoms with E-state index >= 15 is 0 Å². The van der Waals surface area contributed by atoms with Gasteiger partial charge in [-0.2, -0.15) is 4.57 Å². The maximum atomic E-state index is 12.1. The Morgan fingerprint density at radius 3 is 2.38 bits per heavy atom. The SMILES string of the molecule is COC(=O)c1cc(-c2ccccc2)[n+](C)c2ccccc12. The molecule has 104 valence electrons. The van der Waals surface area contributed by atoms with Crippen LogP contribution in [-0.2, 0) is 11.8 Å². The third kappa shape index (κ3) is 2.27. The van der Waals surface area contributed by atoms with Gasteiger partial charge >= 0.3 is 5.97 Å². The van der Waals surface area contributed by atoms with Crippen LogP contribution in [-0.4, -0.2) is 13.1 Å². The quantitative estimate of drug-likeness (QED) is 0.532. The lowest BCUT2D eigenvalue weighted by Crippen LogP contribution is -2.33. The average Bonchev–Trinajstić information content (AvgIpc) is 2.55. The van der Waals surface area contributed by atoms with Gasteiger partial charge in [0, 0.05) is 17.7 Å². The fourth-order valence-corrected chi connectivity index (χ4v) is 2.60. The second-order valence-corrected chi connectivity index (χ2v) is 4.88.